The molecule has 1 fully saturated rings. The third-order valence-electron chi connectivity index (χ3n) is 3.12. The van der Waals surface area contributed by atoms with Crippen LogP contribution in [0.1, 0.15) is 42.9 Å². The first-order valence-corrected chi connectivity index (χ1v) is 5.57. The number of anilines is 1. The number of alkyl halides is 3. The maximum absolute atomic E-state index is 12.8. The number of nitrogen functional groups attached to an aromatic ring is 1. The third kappa shape index (κ3) is 2.52. The zero-order valence-corrected chi connectivity index (χ0v) is 9.22. The second kappa shape index (κ2) is 4.52. The molecule has 0 amide bonds. The van der Waals surface area contributed by atoms with Crippen LogP contribution in [0.4, 0.5) is 19.0 Å². The van der Waals surface area contributed by atoms with E-state index in [4.69, 9.17) is 5.84 Å². The van der Waals surface area contributed by atoms with Crippen molar-refractivity contribution in [3.05, 3.63) is 23.4 Å². The molecule has 0 atom stereocenters. The van der Waals surface area contributed by atoms with Gasteiger partial charge in [-0.3, -0.25) is 0 Å². The van der Waals surface area contributed by atoms with Crippen LogP contribution < -0.4 is 11.3 Å². The van der Waals surface area contributed by atoms with Crippen LogP contribution in [0.25, 0.3) is 0 Å². The Morgan fingerprint density at radius 2 is 1.88 bits per heavy atom. The van der Waals surface area contributed by atoms with Gasteiger partial charge in [0, 0.05) is 5.92 Å². The van der Waals surface area contributed by atoms with E-state index in [2.05, 4.69) is 10.4 Å². The van der Waals surface area contributed by atoms with E-state index in [1.54, 1.807) is 0 Å². The van der Waals surface area contributed by atoms with Crippen molar-refractivity contribution in [3.8, 4) is 0 Å². The molecule has 0 spiro atoms. The van der Waals surface area contributed by atoms with E-state index in [-0.39, 0.29) is 17.4 Å². The van der Waals surface area contributed by atoms with E-state index in [1.165, 1.54) is 6.07 Å². The first kappa shape index (κ1) is 12.2. The molecule has 17 heavy (non-hydrogen) atoms. The first-order valence-electron chi connectivity index (χ1n) is 5.57. The lowest BCUT2D eigenvalue weighted by atomic mass is 9.98. The second-order valence-corrected chi connectivity index (χ2v) is 4.25. The van der Waals surface area contributed by atoms with E-state index in [9.17, 15) is 13.2 Å². The zero-order chi connectivity index (χ0) is 12.5. The molecule has 1 aromatic heterocycles. The van der Waals surface area contributed by atoms with Gasteiger partial charge >= 0.3 is 6.18 Å². The highest BCUT2D eigenvalue weighted by Crippen LogP contribution is 2.40. The van der Waals surface area contributed by atoms with E-state index >= 15 is 0 Å². The van der Waals surface area contributed by atoms with Gasteiger partial charge in [0.25, 0.3) is 0 Å². The topological polar surface area (TPSA) is 50.9 Å². The highest BCUT2D eigenvalue weighted by molar-refractivity contribution is 5.40. The van der Waals surface area contributed by atoms with E-state index < -0.39 is 11.7 Å². The van der Waals surface area contributed by atoms with Gasteiger partial charge in [-0.1, -0.05) is 12.8 Å². The van der Waals surface area contributed by atoms with Crippen molar-refractivity contribution >= 4 is 5.82 Å². The largest absolute Gasteiger partial charge is 0.418 e. The highest BCUT2D eigenvalue weighted by atomic mass is 19.4. The standard InChI is InChI=1S/C11H14F3N3/c12-11(13,14)8-5-6-9(17-15)16-10(8)7-3-1-2-4-7/h5-7H,1-4,15H2,(H,16,17). The average Bonchev–Trinajstić information content (AvgIpc) is 2.80. The van der Waals surface area contributed by atoms with Crippen molar-refractivity contribution in [3.63, 3.8) is 0 Å². The Kier molecular flexibility index (Phi) is 3.24. The van der Waals surface area contributed by atoms with E-state index in [0.29, 0.717) is 0 Å². The van der Waals surface area contributed by atoms with Crippen molar-refractivity contribution in [1.82, 2.24) is 4.98 Å². The second-order valence-electron chi connectivity index (χ2n) is 4.25. The molecule has 0 aliphatic heterocycles. The van der Waals surface area contributed by atoms with Crippen LogP contribution in [0.5, 0.6) is 0 Å². The van der Waals surface area contributed by atoms with Gasteiger partial charge in [-0.15, -0.1) is 0 Å². The van der Waals surface area contributed by atoms with Crippen molar-refractivity contribution in [2.75, 3.05) is 5.43 Å². The number of nitrogens with one attached hydrogen (secondary N) is 1. The number of hydrogen-bond donors (Lipinski definition) is 2. The van der Waals surface area contributed by atoms with Crippen LogP contribution in [0.15, 0.2) is 12.1 Å². The van der Waals surface area contributed by atoms with Gasteiger partial charge in [-0.25, -0.2) is 10.8 Å². The first-order chi connectivity index (χ1) is 8.02. The monoisotopic (exact) mass is 245 g/mol. The molecule has 0 unspecified atom stereocenters. The van der Waals surface area contributed by atoms with E-state index in [1.807, 2.05) is 0 Å². The number of hydrogen-bond acceptors (Lipinski definition) is 3. The average molecular weight is 245 g/mol. The maximum Gasteiger partial charge on any atom is 0.418 e. The molecule has 1 aromatic rings. The summed E-state index contributed by atoms with van der Waals surface area (Å²) in [5.74, 6) is 5.36. The summed E-state index contributed by atoms with van der Waals surface area (Å²) in [6, 6.07) is 2.30. The normalized spacial score (nSPS) is 17.4. The Hall–Kier alpha value is -1.30. The summed E-state index contributed by atoms with van der Waals surface area (Å²) in [5.41, 5.74) is 1.79. The fourth-order valence-corrected chi connectivity index (χ4v) is 2.31. The fraction of sp³-hybridized carbons (Fsp3) is 0.545. The number of halogens is 3. The summed E-state index contributed by atoms with van der Waals surface area (Å²) in [5, 5.41) is 0. The minimum atomic E-state index is -4.35. The Morgan fingerprint density at radius 1 is 1.24 bits per heavy atom. The fourth-order valence-electron chi connectivity index (χ4n) is 2.31. The quantitative estimate of drug-likeness (QED) is 0.622. The third-order valence-corrected chi connectivity index (χ3v) is 3.12. The van der Waals surface area contributed by atoms with Crippen LogP contribution in [0, 0.1) is 0 Å². The van der Waals surface area contributed by atoms with Gasteiger partial charge < -0.3 is 5.43 Å². The molecule has 3 nitrogen and oxygen atoms in total. The molecule has 6 heteroatoms. The summed E-state index contributed by atoms with van der Waals surface area (Å²) in [4.78, 5) is 3.98. The van der Waals surface area contributed by atoms with Gasteiger partial charge in [-0.05, 0) is 25.0 Å². The van der Waals surface area contributed by atoms with Crippen molar-refractivity contribution in [2.24, 2.45) is 5.84 Å². The number of aromatic nitrogens is 1. The lowest BCUT2D eigenvalue weighted by Gasteiger charge is -2.17. The Labute approximate surface area is 97.2 Å². The Balaban J connectivity index is 2.43. The van der Waals surface area contributed by atoms with Crippen molar-refractivity contribution in [1.29, 1.82) is 0 Å². The lowest BCUT2D eigenvalue weighted by Crippen LogP contribution is -2.16. The minimum absolute atomic E-state index is 0.0973. The van der Waals surface area contributed by atoms with Gasteiger partial charge in [-0.2, -0.15) is 13.2 Å². The summed E-state index contributed by atoms with van der Waals surface area (Å²) < 4.78 is 38.5. The molecular formula is C11H14F3N3. The number of pyridine rings is 1. The SMILES string of the molecule is NNc1ccc(C(F)(F)F)c(C2CCCC2)n1. The van der Waals surface area contributed by atoms with Crippen molar-refractivity contribution < 1.29 is 13.2 Å². The smallest absolute Gasteiger partial charge is 0.308 e. The molecule has 0 saturated heterocycles. The van der Waals surface area contributed by atoms with Crippen LogP contribution in [0.3, 0.4) is 0 Å². The minimum Gasteiger partial charge on any atom is -0.308 e. The molecule has 94 valence electrons. The molecular weight excluding hydrogens is 231 g/mol. The summed E-state index contributed by atoms with van der Waals surface area (Å²) in [6.45, 7) is 0. The Bertz CT molecular complexity index is 397. The van der Waals surface area contributed by atoms with Gasteiger partial charge in [0.15, 0.2) is 0 Å². The number of hydrazine groups is 1. The van der Waals surface area contributed by atoms with Crippen LogP contribution >= 0.6 is 0 Å². The molecule has 1 aliphatic carbocycles. The lowest BCUT2D eigenvalue weighted by molar-refractivity contribution is -0.138. The number of rotatable bonds is 2. The molecule has 1 heterocycles. The predicted molar refractivity (Wildman–Crippen MR) is 58.3 cm³/mol. The predicted octanol–water partition coefficient (Wildman–Crippen LogP) is 3.04. The maximum atomic E-state index is 12.8. The van der Waals surface area contributed by atoms with Crippen LogP contribution in [-0.4, -0.2) is 4.98 Å². The Morgan fingerprint density at radius 3 is 2.41 bits per heavy atom. The van der Waals surface area contributed by atoms with Gasteiger partial charge in [0.1, 0.15) is 5.82 Å². The van der Waals surface area contributed by atoms with Crippen LogP contribution in [0.2, 0.25) is 0 Å². The summed E-state index contributed by atoms with van der Waals surface area (Å²) in [6.07, 6.45) is -0.889. The molecule has 1 saturated carbocycles. The number of nitrogens with two attached hydrogens (primary N) is 1. The molecule has 1 aliphatic rings. The van der Waals surface area contributed by atoms with Gasteiger partial charge in [0.2, 0.25) is 0 Å². The van der Waals surface area contributed by atoms with Gasteiger partial charge in [0.05, 0.1) is 11.3 Å². The van der Waals surface area contributed by atoms with E-state index in [0.717, 1.165) is 31.7 Å². The van der Waals surface area contributed by atoms with Crippen molar-refractivity contribution in [2.45, 2.75) is 37.8 Å². The number of nitrogens with zero attached hydrogens (tertiary/aromatic N) is 1. The molecule has 0 aromatic carbocycles. The highest BCUT2D eigenvalue weighted by Gasteiger charge is 2.37. The molecule has 0 radical (unpaired) electrons. The zero-order valence-electron chi connectivity index (χ0n) is 9.22. The molecule has 2 rings (SSSR count). The van der Waals surface area contributed by atoms with Crippen LogP contribution in [-0.2, 0) is 6.18 Å². The summed E-state index contributed by atoms with van der Waals surface area (Å²) in [7, 11) is 0. The molecule has 0 bridgehead atoms. The summed E-state index contributed by atoms with van der Waals surface area (Å²) >= 11 is 0. The molecule has 3 N–H and O–H groups in total.